The van der Waals surface area contributed by atoms with Crippen LogP contribution >= 0.6 is 0 Å². The predicted octanol–water partition coefficient (Wildman–Crippen LogP) is 3.40. The van der Waals surface area contributed by atoms with Crippen molar-refractivity contribution in [2.75, 3.05) is 20.8 Å². The number of aromatic nitrogens is 2. The summed E-state index contributed by atoms with van der Waals surface area (Å²) in [6.45, 7) is 1.09. The Bertz CT molecular complexity index is 949. The molecule has 0 aliphatic heterocycles. The van der Waals surface area contributed by atoms with Crippen LogP contribution in [0.3, 0.4) is 0 Å². The van der Waals surface area contributed by atoms with Crippen LogP contribution in [0.25, 0.3) is 17.2 Å². The van der Waals surface area contributed by atoms with Gasteiger partial charge in [-0.15, -0.1) is 0 Å². The third kappa shape index (κ3) is 5.01. The lowest BCUT2D eigenvalue weighted by Crippen LogP contribution is -2.25. The molecule has 1 heterocycles. The van der Waals surface area contributed by atoms with Gasteiger partial charge in [0.1, 0.15) is 0 Å². The summed E-state index contributed by atoms with van der Waals surface area (Å²) in [5.41, 5.74) is 3.03. The van der Waals surface area contributed by atoms with Gasteiger partial charge in [0.05, 0.1) is 27.0 Å². The highest BCUT2D eigenvalue weighted by atomic mass is 16.5. The van der Waals surface area contributed by atoms with Crippen LogP contribution in [-0.4, -0.2) is 36.5 Å². The van der Waals surface area contributed by atoms with E-state index in [4.69, 9.17) is 9.47 Å². The lowest BCUT2D eigenvalue weighted by atomic mass is 10.1. The van der Waals surface area contributed by atoms with E-state index >= 15 is 0 Å². The largest absolute Gasteiger partial charge is 0.493 e. The molecule has 0 saturated carbocycles. The van der Waals surface area contributed by atoms with Crippen molar-refractivity contribution in [3.05, 3.63) is 72.6 Å². The molecule has 0 spiro atoms. The van der Waals surface area contributed by atoms with Crippen molar-refractivity contribution in [2.45, 2.75) is 6.54 Å². The molecule has 0 atom stereocenters. The molecule has 144 valence electrons. The van der Waals surface area contributed by atoms with Gasteiger partial charge in [-0.3, -0.25) is 9.48 Å². The van der Waals surface area contributed by atoms with Crippen molar-refractivity contribution in [2.24, 2.45) is 0 Å². The summed E-state index contributed by atoms with van der Waals surface area (Å²) in [5, 5.41) is 7.20. The Hall–Kier alpha value is -3.54. The van der Waals surface area contributed by atoms with E-state index in [2.05, 4.69) is 10.4 Å². The van der Waals surface area contributed by atoms with Gasteiger partial charge in [-0.05, 0) is 29.3 Å². The van der Waals surface area contributed by atoms with Crippen molar-refractivity contribution >= 4 is 12.0 Å². The molecule has 3 aromatic rings. The Morgan fingerprint density at radius 2 is 1.86 bits per heavy atom. The Balaban J connectivity index is 1.50. The van der Waals surface area contributed by atoms with Gasteiger partial charge < -0.3 is 14.8 Å². The molecule has 1 aromatic heterocycles. The highest BCUT2D eigenvalue weighted by Gasteiger charge is 2.04. The summed E-state index contributed by atoms with van der Waals surface area (Å²) < 4.78 is 12.3. The lowest BCUT2D eigenvalue weighted by Gasteiger charge is -2.07. The molecule has 3 rings (SSSR count). The van der Waals surface area contributed by atoms with Crippen LogP contribution in [-0.2, 0) is 11.3 Å². The van der Waals surface area contributed by atoms with E-state index in [1.807, 2.05) is 59.5 Å². The van der Waals surface area contributed by atoms with Crippen LogP contribution in [0, 0.1) is 0 Å². The first kappa shape index (κ1) is 19.2. The second-order valence-electron chi connectivity index (χ2n) is 6.10. The molecular formula is C22H23N3O3. The number of benzene rings is 2. The van der Waals surface area contributed by atoms with Gasteiger partial charge in [-0.2, -0.15) is 5.10 Å². The number of rotatable bonds is 8. The third-order valence-corrected chi connectivity index (χ3v) is 4.22. The number of hydrogen-bond acceptors (Lipinski definition) is 4. The molecule has 0 aliphatic carbocycles. The van der Waals surface area contributed by atoms with E-state index in [-0.39, 0.29) is 5.91 Å². The van der Waals surface area contributed by atoms with E-state index in [0.717, 1.165) is 16.7 Å². The number of ether oxygens (including phenoxy) is 2. The number of hydrogen-bond donors (Lipinski definition) is 1. The minimum Gasteiger partial charge on any atom is -0.493 e. The van der Waals surface area contributed by atoms with Crippen LogP contribution in [0.2, 0.25) is 0 Å². The molecule has 1 N–H and O–H groups in total. The smallest absolute Gasteiger partial charge is 0.244 e. The summed E-state index contributed by atoms with van der Waals surface area (Å²) in [7, 11) is 3.17. The molecule has 0 bridgehead atoms. The van der Waals surface area contributed by atoms with Crippen molar-refractivity contribution in [3.8, 4) is 22.6 Å². The standard InChI is InChI=1S/C22H23N3O3/c1-27-20-10-8-17(14-21(20)28-2)9-11-22(26)23-12-13-25-16-19(15-24-25)18-6-4-3-5-7-18/h3-11,14-16H,12-13H2,1-2H3,(H,23,26). The average molecular weight is 377 g/mol. The third-order valence-electron chi connectivity index (χ3n) is 4.22. The van der Waals surface area contributed by atoms with Gasteiger partial charge in [0.15, 0.2) is 11.5 Å². The van der Waals surface area contributed by atoms with E-state index in [0.29, 0.717) is 24.6 Å². The quantitative estimate of drug-likeness (QED) is 0.611. The van der Waals surface area contributed by atoms with Crippen LogP contribution in [0.5, 0.6) is 11.5 Å². The Labute approximate surface area is 164 Å². The molecule has 0 aliphatic rings. The SMILES string of the molecule is COc1ccc(C=CC(=O)NCCn2cc(-c3ccccc3)cn2)cc1OC. The average Bonchev–Trinajstić information content (AvgIpc) is 3.21. The van der Waals surface area contributed by atoms with Gasteiger partial charge in [0.25, 0.3) is 0 Å². The summed E-state index contributed by atoms with van der Waals surface area (Å²) in [5.74, 6) is 1.11. The molecule has 28 heavy (non-hydrogen) atoms. The molecule has 6 heteroatoms. The zero-order valence-electron chi connectivity index (χ0n) is 16.0. The van der Waals surface area contributed by atoms with Gasteiger partial charge >= 0.3 is 0 Å². The number of nitrogens with one attached hydrogen (secondary N) is 1. The topological polar surface area (TPSA) is 65.4 Å². The molecule has 0 radical (unpaired) electrons. The first-order chi connectivity index (χ1) is 13.7. The number of carbonyl (C=O) groups is 1. The predicted molar refractivity (Wildman–Crippen MR) is 109 cm³/mol. The minimum atomic E-state index is -0.162. The molecule has 0 saturated heterocycles. The maximum Gasteiger partial charge on any atom is 0.244 e. The fraction of sp³-hybridized carbons (Fsp3) is 0.182. The lowest BCUT2D eigenvalue weighted by molar-refractivity contribution is -0.116. The number of carbonyl (C=O) groups excluding carboxylic acids is 1. The van der Waals surface area contributed by atoms with Crippen molar-refractivity contribution < 1.29 is 14.3 Å². The maximum atomic E-state index is 12.0. The van der Waals surface area contributed by atoms with Gasteiger partial charge in [0.2, 0.25) is 5.91 Å². The van der Waals surface area contributed by atoms with Crippen LogP contribution in [0.1, 0.15) is 5.56 Å². The summed E-state index contributed by atoms with van der Waals surface area (Å²) in [6.07, 6.45) is 7.04. The Morgan fingerprint density at radius 3 is 2.61 bits per heavy atom. The Kier molecular flexibility index (Phi) is 6.46. The maximum absolute atomic E-state index is 12.0. The van der Waals surface area contributed by atoms with Gasteiger partial charge in [-0.1, -0.05) is 36.4 Å². The van der Waals surface area contributed by atoms with E-state index < -0.39 is 0 Å². The minimum absolute atomic E-state index is 0.162. The number of nitrogens with zero attached hydrogens (tertiary/aromatic N) is 2. The fourth-order valence-corrected chi connectivity index (χ4v) is 2.75. The van der Waals surface area contributed by atoms with Gasteiger partial charge in [-0.25, -0.2) is 0 Å². The van der Waals surface area contributed by atoms with Crippen molar-refractivity contribution in [1.29, 1.82) is 0 Å². The summed E-state index contributed by atoms with van der Waals surface area (Å²) >= 11 is 0. The zero-order chi connectivity index (χ0) is 19.8. The molecule has 0 fully saturated rings. The second-order valence-corrected chi connectivity index (χ2v) is 6.10. The number of amides is 1. The molecule has 0 unspecified atom stereocenters. The van der Waals surface area contributed by atoms with E-state index in [1.165, 1.54) is 6.08 Å². The molecule has 2 aromatic carbocycles. The van der Waals surface area contributed by atoms with E-state index in [9.17, 15) is 4.79 Å². The normalized spacial score (nSPS) is 10.8. The van der Waals surface area contributed by atoms with Crippen molar-refractivity contribution in [3.63, 3.8) is 0 Å². The van der Waals surface area contributed by atoms with Crippen LogP contribution in [0.15, 0.2) is 67.0 Å². The van der Waals surface area contributed by atoms with Crippen LogP contribution in [0.4, 0.5) is 0 Å². The molecule has 1 amide bonds. The zero-order valence-corrected chi connectivity index (χ0v) is 16.0. The monoisotopic (exact) mass is 377 g/mol. The summed E-state index contributed by atoms with van der Waals surface area (Å²) in [4.78, 5) is 12.0. The first-order valence-corrected chi connectivity index (χ1v) is 8.95. The second kappa shape index (κ2) is 9.41. The number of methoxy groups -OCH3 is 2. The Morgan fingerprint density at radius 1 is 1.07 bits per heavy atom. The van der Waals surface area contributed by atoms with Crippen molar-refractivity contribution in [1.82, 2.24) is 15.1 Å². The summed E-state index contributed by atoms with van der Waals surface area (Å²) in [6, 6.07) is 15.5. The van der Waals surface area contributed by atoms with Gasteiger partial charge in [0, 0.05) is 24.4 Å². The fourth-order valence-electron chi connectivity index (χ4n) is 2.75. The molecular weight excluding hydrogens is 354 g/mol. The highest BCUT2D eigenvalue weighted by Crippen LogP contribution is 2.27. The molecule has 6 nitrogen and oxygen atoms in total. The highest BCUT2D eigenvalue weighted by molar-refractivity contribution is 5.91. The van der Waals surface area contributed by atoms with E-state index in [1.54, 1.807) is 26.4 Å². The van der Waals surface area contributed by atoms with Crippen LogP contribution < -0.4 is 14.8 Å². The first-order valence-electron chi connectivity index (χ1n) is 8.95.